The van der Waals surface area contributed by atoms with Crippen LogP contribution < -0.4 is 10.2 Å². The van der Waals surface area contributed by atoms with Crippen LogP contribution in [0, 0.1) is 5.92 Å². The minimum Gasteiger partial charge on any atom is -0.355 e. The molecule has 0 atom stereocenters. The van der Waals surface area contributed by atoms with Gasteiger partial charge < -0.3 is 10.2 Å². The maximum atomic E-state index is 12.9. The van der Waals surface area contributed by atoms with E-state index < -0.39 is 12.0 Å². The van der Waals surface area contributed by atoms with Crippen LogP contribution in [-0.2, 0) is 6.18 Å². The highest BCUT2D eigenvalue weighted by Crippen LogP contribution is 2.28. The van der Waals surface area contributed by atoms with E-state index in [0.29, 0.717) is 11.7 Å². The van der Waals surface area contributed by atoms with Gasteiger partial charge >= 0.3 is 6.18 Å². The van der Waals surface area contributed by atoms with Crippen LogP contribution in [0.2, 0.25) is 0 Å². The zero-order valence-corrected chi connectivity index (χ0v) is 12.1. The molecule has 0 unspecified atom stereocenters. The second kappa shape index (κ2) is 5.71. The molecule has 0 spiro atoms. The number of alkyl halides is 3. The van der Waals surface area contributed by atoms with Crippen molar-refractivity contribution in [1.29, 1.82) is 0 Å². The standard InChI is InChI=1S/C13H17F3N6/c1-17-8-9-4-6-21(7-5-9)11-3-2-10-18-19-12(13(14,15)16)22(10)20-11/h2-3,9,17H,4-8H2,1H3. The Labute approximate surface area is 125 Å². The molecule has 0 aromatic carbocycles. The Morgan fingerprint density at radius 2 is 1.95 bits per heavy atom. The molecule has 2 aromatic rings. The molecule has 0 amide bonds. The molecule has 1 N–H and O–H groups in total. The van der Waals surface area contributed by atoms with Crippen molar-refractivity contribution in [3.8, 4) is 0 Å². The molecule has 1 saturated heterocycles. The first-order chi connectivity index (χ1) is 10.5. The third kappa shape index (κ3) is 2.85. The Bertz CT molecular complexity index is 645. The molecule has 0 radical (unpaired) electrons. The van der Waals surface area contributed by atoms with Gasteiger partial charge in [0.2, 0.25) is 0 Å². The number of nitrogens with one attached hydrogen (secondary N) is 1. The van der Waals surface area contributed by atoms with Crippen LogP contribution in [0.15, 0.2) is 12.1 Å². The van der Waals surface area contributed by atoms with Gasteiger partial charge in [-0.2, -0.15) is 17.7 Å². The molecule has 1 aliphatic heterocycles. The van der Waals surface area contributed by atoms with E-state index in [9.17, 15) is 13.2 Å². The van der Waals surface area contributed by atoms with Crippen molar-refractivity contribution >= 4 is 11.5 Å². The minimum atomic E-state index is -4.56. The fourth-order valence-corrected chi connectivity index (χ4v) is 2.78. The summed E-state index contributed by atoms with van der Waals surface area (Å²) in [5.41, 5.74) is 0.0983. The molecular formula is C13H17F3N6. The summed E-state index contributed by atoms with van der Waals surface area (Å²) < 4.78 is 39.4. The second-order valence-electron chi connectivity index (χ2n) is 5.47. The average Bonchev–Trinajstić information content (AvgIpc) is 2.91. The van der Waals surface area contributed by atoms with Crippen molar-refractivity contribution in [3.63, 3.8) is 0 Å². The van der Waals surface area contributed by atoms with Gasteiger partial charge in [-0.25, -0.2) is 0 Å². The highest BCUT2D eigenvalue weighted by molar-refractivity contribution is 5.46. The molecule has 22 heavy (non-hydrogen) atoms. The van der Waals surface area contributed by atoms with E-state index >= 15 is 0 Å². The summed E-state index contributed by atoms with van der Waals surface area (Å²) in [5.74, 6) is 0.0424. The van der Waals surface area contributed by atoms with Crippen LogP contribution in [0.25, 0.3) is 5.65 Å². The Kier molecular flexibility index (Phi) is 3.90. The minimum absolute atomic E-state index is 0.0983. The molecule has 1 fully saturated rings. The van der Waals surface area contributed by atoms with E-state index in [4.69, 9.17) is 0 Å². The summed E-state index contributed by atoms with van der Waals surface area (Å²) in [7, 11) is 1.92. The van der Waals surface area contributed by atoms with Gasteiger partial charge in [0.1, 0.15) is 5.82 Å². The lowest BCUT2D eigenvalue weighted by Crippen LogP contribution is -2.37. The first-order valence-electron chi connectivity index (χ1n) is 7.18. The topological polar surface area (TPSA) is 58.3 Å². The van der Waals surface area contributed by atoms with Crippen molar-refractivity contribution in [2.24, 2.45) is 5.92 Å². The molecule has 2 aromatic heterocycles. The molecule has 3 rings (SSSR count). The highest BCUT2D eigenvalue weighted by Gasteiger charge is 2.37. The molecule has 0 bridgehead atoms. The van der Waals surface area contributed by atoms with Crippen LogP contribution in [-0.4, -0.2) is 46.5 Å². The maximum Gasteiger partial charge on any atom is 0.453 e. The number of fused-ring (bicyclic) bond motifs is 1. The second-order valence-corrected chi connectivity index (χ2v) is 5.47. The third-order valence-electron chi connectivity index (χ3n) is 3.93. The number of aromatic nitrogens is 4. The molecule has 6 nitrogen and oxygen atoms in total. The number of rotatable bonds is 3. The lowest BCUT2D eigenvalue weighted by Gasteiger charge is -2.32. The van der Waals surface area contributed by atoms with Crippen LogP contribution >= 0.6 is 0 Å². The van der Waals surface area contributed by atoms with E-state index in [-0.39, 0.29) is 5.65 Å². The number of halogens is 3. The molecule has 120 valence electrons. The Morgan fingerprint density at radius 3 is 2.59 bits per heavy atom. The first kappa shape index (κ1) is 15.0. The molecule has 9 heteroatoms. The highest BCUT2D eigenvalue weighted by atomic mass is 19.4. The van der Waals surface area contributed by atoms with Crippen LogP contribution in [0.5, 0.6) is 0 Å². The average molecular weight is 314 g/mol. The van der Waals surface area contributed by atoms with E-state index in [2.05, 4.69) is 20.6 Å². The normalized spacial score (nSPS) is 17.4. The summed E-state index contributed by atoms with van der Waals surface area (Å²) in [5, 5.41) is 13.9. The van der Waals surface area contributed by atoms with Gasteiger partial charge in [0.15, 0.2) is 5.65 Å². The Morgan fingerprint density at radius 1 is 1.23 bits per heavy atom. The summed E-state index contributed by atoms with van der Waals surface area (Å²) in [6, 6.07) is 3.22. The van der Waals surface area contributed by atoms with Crippen molar-refractivity contribution in [3.05, 3.63) is 18.0 Å². The Hall–Kier alpha value is -1.90. The fourth-order valence-electron chi connectivity index (χ4n) is 2.78. The molecule has 0 aliphatic carbocycles. The molecular weight excluding hydrogens is 297 g/mol. The zero-order chi connectivity index (χ0) is 15.7. The predicted octanol–water partition coefficient (Wildman–Crippen LogP) is 1.58. The van der Waals surface area contributed by atoms with Crippen LogP contribution in [0.1, 0.15) is 18.7 Å². The molecule has 0 saturated carbocycles. The third-order valence-corrected chi connectivity index (χ3v) is 3.93. The Balaban J connectivity index is 1.83. The van der Waals surface area contributed by atoms with Gasteiger partial charge in [-0.05, 0) is 44.5 Å². The van der Waals surface area contributed by atoms with E-state index in [1.54, 1.807) is 6.07 Å². The van der Waals surface area contributed by atoms with Crippen molar-refractivity contribution in [2.45, 2.75) is 19.0 Å². The van der Waals surface area contributed by atoms with Gasteiger partial charge in [-0.15, -0.1) is 15.3 Å². The quantitative estimate of drug-likeness (QED) is 0.932. The van der Waals surface area contributed by atoms with Gasteiger partial charge in [-0.3, -0.25) is 0 Å². The van der Waals surface area contributed by atoms with Gasteiger partial charge in [0.25, 0.3) is 5.82 Å². The van der Waals surface area contributed by atoms with Crippen molar-refractivity contribution in [1.82, 2.24) is 25.1 Å². The van der Waals surface area contributed by atoms with Crippen LogP contribution in [0.3, 0.4) is 0 Å². The summed E-state index contributed by atoms with van der Waals surface area (Å²) >= 11 is 0. The van der Waals surface area contributed by atoms with Gasteiger partial charge in [0.05, 0.1) is 0 Å². The first-order valence-corrected chi connectivity index (χ1v) is 7.18. The number of hydrogen-bond donors (Lipinski definition) is 1. The monoisotopic (exact) mass is 314 g/mol. The van der Waals surface area contributed by atoms with Crippen molar-refractivity contribution < 1.29 is 13.2 Å². The number of anilines is 1. The zero-order valence-electron chi connectivity index (χ0n) is 12.1. The smallest absolute Gasteiger partial charge is 0.355 e. The summed E-state index contributed by atoms with van der Waals surface area (Å²) in [6.45, 7) is 2.53. The fraction of sp³-hybridized carbons (Fsp3) is 0.615. The maximum absolute atomic E-state index is 12.9. The lowest BCUT2D eigenvalue weighted by atomic mass is 9.97. The molecule has 1 aliphatic rings. The van der Waals surface area contributed by atoms with E-state index in [1.165, 1.54) is 6.07 Å². The summed E-state index contributed by atoms with van der Waals surface area (Å²) in [6.07, 6.45) is -2.57. The van der Waals surface area contributed by atoms with Gasteiger partial charge in [0, 0.05) is 13.1 Å². The predicted molar refractivity (Wildman–Crippen MR) is 74.6 cm³/mol. The largest absolute Gasteiger partial charge is 0.453 e. The van der Waals surface area contributed by atoms with Crippen LogP contribution in [0.4, 0.5) is 19.0 Å². The SMILES string of the molecule is CNCC1CCN(c2ccc3nnc(C(F)(F)F)n3n2)CC1. The molecule has 3 heterocycles. The van der Waals surface area contributed by atoms with Gasteiger partial charge in [-0.1, -0.05) is 0 Å². The van der Waals surface area contributed by atoms with E-state index in [0.717, 1.165) is 37.0 Å². The van der Waals surface area contributed by atoms with Crippen molar-refractivity contribution in [2.75, 3.05) is 31.6 Å². The number of piperidine rings is 1. The lowest BCUT2D eigenvalue weighted by molar-refractivity contribution is -0.146. The number of hydrogen-bond acceptors (Lipinski definition) is 5. The summed E-state index contributed by atoms with van der Waals surface area (Å²) in [4.78, 5) is 2.01. The van der Waals surface area contributed by atoms with E-state index in [1.807, 2.05) is 11.9 Å². The number of nitrogens with zero attached hydrogens (tertiary/aromatic N) is 5.